The van der Waals surface area contributed by atoms with Crippen LogP contribution in [0.15, 0.2) is 18.2 Å². The number of anilines is 1. The van der Waals surface area contributed by atoms with E-state index >= 15 is 0 Å². The van der Waals surface area contributed by atoms with Gasteiger partial charge in [0.25, 0.3) is 0 Å². The third-order valence-electron chi connectivity index (χ3n) is 4.75. The SMILES string of the molecule is COC12CCC(C)(CC1)c1cccc(N)c12. The molecule has 0 heterocycles. The molecular formula is C14H19NO. The van der Waals surface area contributed by atoms with E-state index in [0.29, 0.717) is 5.41 Å². The molecule has 0 saturated heterocycles. The Morgan fingerprint density at radius 2 is 1.88 bits per heavy atom. The van der Waals surface area contributed by atoms with Gasteiger partial charge in [-0.15, -0.1) is 0 Å². The molecule has 1 aromatic carbocycles. The van der Waals surface area contributed by atoms with E-state index in [-0.39, 0.29) is 5.60 Å². The van der Waals surface area contributed by atoms with E-state index in [0.717, 1.165) is 18.5 Å². The van der Waals surface area contributed by atoms with Crippen molar-refractivity contribution in [3.63, 3.8) is 0 Å². The Morgan fingerprint density at radius 3 is 2.50 bits per heavy atom. The Morgan fingerprint density at radius 1 is 1.19 bits per heavy atom. The van der Waals surface area contributed by atoms with Gasteiger partial charge in [-0.2, -0.15) is 0 Å². The summed E-state index contributed by atoms with van der Waals surface area (Å²) in [6.07, 6.45) is 4.66. The molecule has 1 fully saturated rings. The summed E-state index contributed by atoms with van der Waals surface area (Å²) in [7, 11) is 1.82. The summed E-state index contributed by atoms with van der Waals surface area (Å²) in [6.45, 7) is 2.37. The molecule has 2 N–H and O–H groups in total. The summed E-state index contributed by atoms with van der Waals surface area (Å²) in [5.41, 5.74) is 10.00. The first kappa shape index (κ1) is 10.2. The quantitative estimate of drug-likeness (QED) is 0.734. The fourth-order valence-electron chi connectivity index (χ4n) is 3.61. The van der Waals surface area contributed by atoms with Crippen LogP contribution >= 0.6 is 0 Å². The molecule has 2 heteroatoms. The highest BCUT2D eigenvalue weighted by atomic mass is 16.5. The van der Waals surface area contributed by atoms with Crippen LogP contribution < -0.4 is 5.73 Å². The number of rotatable bonds is 1. The number of fused-ring (bicyclic) bond motifs is 2. The second-order valence-electron chi connectivity index (χ2n) is 5.53. The van der Waals surface area contributed by atoms with Gasteiger partial charge in [-0.1, -0.05) is 19.1 Å². The molecule has 0 unspecified atom stereocenters. The first-order chi connectivity index (χ1) is 7.61. The van der Waals surface area contributed by atoms with Gasteiger partial charge < -0.3 is 10.5 Å². The molecule has 1 aromatic rings. The number of nitrogens with two attached hydrogens (primary N) is 1. The lowest BCUT2D eigenvalue weighted by molar-refractivity contribution is -0.0722. The lowest BCUT2D eigenvalue weighted by Gasteiger charge is -2.52. The normalized spacial score (nSPS) is 36.1. The van der Waals surface area contributed by atoms with E-state index in [9.17, 15) is 0 Å². The fourth-order valence-corrected chi connectivity index (χ4v) is 3.61. The van der Waals surface area contributed by atoms with Gasteiger partial charge in [0.2, 0.25) is 0 Å². The van der Waals surface area contributed by atoms with Gasteiger partial charge in [0.15, 0.2) is 0 Å². The molecule has 2 bridgehead atoms. The molecule has 0 atom stereocenters. The minimum absolute atomic E-state index is 0.0988. The molecule has 2 nitrogen and oxygen atoms in total. The Kier molecular flexibility index (Phi) is 1.91. The minimum atomic E-state index is -0.0988. The van der Waals surface area contributed by atoms with Crippen LogP contribution in [0.3, 0.4) is 0 Å². The third-order valence-corrected chi connectivity index (χ3v) is 4.75. The van der Waals surface area contributed by atoms with Crippen molar-refractivity contribution < 1.29 is 4.74 Å². The predicted octanol–water partition coefficient (Wildman–Crippen LogP) is 2.96. The lowest BCUT2D eigenvalue weighted by Crippen LogP contribution is -2.47. The lowest BCUT2D eigenvalue weighted by atomic mass is 9.56. The van der Waals surface area contributed by atoms with Crippen LogP contribution in [0.5, 0.6) is 0 Å². The molecule has 0 spiro atoms. The van der Waals surface area contributed by atoms with Crippen LogP contribution in [0.2, 0.25) is 0 Å². The zero-order chi connectivity index (χ0) is 11.4. The van der Waals surface area contributed by atoms with Crippen LogP contribution in [0.1, 0.15) is 43.7 Å². The van der Waals surface area contributed by atoms with Gasteiger partial charge in [0, 0.05) is 18.4 Å². The number of hydrogen-bond donors (Lipinski definition) is 1. The van der Waals surface area contributed by atoms with Gasteiger partial charge >= 0.3 is 0 Å². The van der Waals surface area contributed by atoms with Crippen molar-refractivity contribution in [1.29, 1.82) is 0 Å². The largest absolute Gasteiger partial charge is 0.398 e. The minimum Gasteiger partial charge on any atom is -0.398 e. The highest BCUT2D eigenvalue weighted by Gasteiger charge is 2.51. The van der Waals surface area contributed by atoms with Gasteiger partial charge in [-0.25, -0.2) is 0 Å². The van der Waals surface area contributed by atoms with Gasteiger partial charge in [-0.05, 0) is 42.7 Å². The number of ether oxygens (including phenoxy) is 1. The molecule has 0 amide bonds. The van der Waals surface area contributed by atoms with E-state index < -0.39 is 0 Å². The molecule has 1 saturated carbocycles. The van der Waals surface area contributed by atoms with Crippen molar-refractivity contribution in [1.82, 2.24) is 0 Å². The summed E-state index contributed by atoms with van der Waals surface area (Å²) in [5, 5.41) is 0. The summed E-state index contributed by atoms with van der Waals surface area (Å²) in [4.78, 5) is 0. The number of nitrogen functional groups attached to an aromatic ring is 1. The summed E-state index contributed by atoms with van der Waals surface area (Å²) < 4.78 is 5.84. The molecule has 3 aliphatic carbocycles. The van der Waals surface area contributed by atoms with Crippen molar-refractivity contribution in [2.45, 2.75) is 43.6 Å². The van der Waals surface area contributed by atoms with E-state index in [1.807, 2.05) is 13.2 Å². The summed E-state index contributed by atoms with van der Waals surface area (Å²) in [6, 6.07) is 6.31. The molecule has 0 radical (unpaired) electrons. The van der Waals surface area contributed by atoms with E-state index in [4.69, 9.17) is 10.5 Å². The Bertz CT molecular complexity index is 430. The number of benzene rings is 1. The Balaban J connectivity index is 2.30. The number of methoxy groups -OCH3 is 1. The first-order valence-corrected chi connectivity index (χ1v) is 6.06. The van der Waals surface area contributed by atoms with Crippen LogP contribution in [0.4, 0.5) is 5.69 Å². The highest BCUT2D eigenvalue weighted by molar-refractivity contribution is 5.59. The van der Waals surface area contributed by atoms with E-state index in [1.54, 1.807) is 0 Å². The third kappa shape index (κ3) is 1.06. The van der Waals surface area contributed by atoms with E-state index in [1.165, 1.54) is 24.0 Å². The maximum Gasteiger partial charge on any atom is 0.0950 e. The van der Waals surface area contributed by atoms with Gasteiger partial charge in [0.1, 0.15) is 0 Å². The monoisotopic (exact) mass is 217 g/mol. The second kappa shape index (κ2) is 3.01. The van der Waals surface area contributed by atoms with Crippen molar-refractivity contribution in [2.75, 3.05) is 12.8 Å². The topological polar surface area (TPSA) is 35.2 Å². The standard InChI is InChI=1S/C14H19NO/c1-13-6-8-14(16-2,9-7-13)12-10(13)4-3-5-11(12)15/h3-5H,6-9,15H2,1-2H3. The van der Waals surface area contributed by atoms with Crippen LogP contribution in [0.25, 0.3) is 0 Å². The molecule has 3 aliphatic rings. The number of hydrogen-bond acceptors (Lipinski definition) is 2. The second-order valence-corrected chi connectivity index (χ2v) is 5.53. The maximum atomic E-state index is 6.17. The molecule has 0 aromatic heterocycles. The maximum absolute atomic E-state index is 6.17. The predicted molar refractivity (Wildman–Crippen MR) is 65.4 cm³/mol. The van der Waals surface area contributed by atoms with Crippen LogP contribution in [-0.2, 0) is 15.8 Å². The Hall–Kier alpha value is -1.02. The van der Waals surface area contributed by atoms with E-state index in [2.05, 4.69) is 19.1 Å². The molecule has 86 valence electrons. The fraction of sp³-hybridized carbons (Fsp3) is 0.571. The van der Waals surface area contributed by atoms with Gasteiger partial charge in [0.05, 0.1) is 5.60 Å². The molecule has 0 aliphatic heterocycles. The van der Waals surface area contributed by atoms with Crippen molar-refractivity contribution >= 4 is 5.69 Å². The summed E-state index contributed by atoms with van der Waals surface area (Å²) in [5.74, 6) is 0. The van der Waals surface area contributed by atoms with Crippen molar-refractivity contribution in [2.24, 2.45) is 0 Å². The van der Waals surface area contributed by atoms with Crippen molar-refractivity contribution in [3.05, 3.63) is 29.3 Å². The highest BCUT2D eigenvalue weighted by Crippen LogP contribution is 2.57. The van der Waals surface area contributed by atoms with Crippen molar-refractivity contribution in [3.8, 4) is 0 Å². The average Bonchev–Trinajstić information content (AvgIpc) is 2.31. The smallest absolute Gasteiger partial charge is 0.0950 e. The molecule has 16 heavy (non-hydrogen) atoms. The average molecular weight is 217 g/mol. The Labute approximate surface area is 96.8 Å². The zero-order valence-electron chi connectivity index (χ0n) is 10.0. The first-order valence-electron chi connectivity index (χ1n) is 6.06. The van der Waals surface area contributed by atoms with Crippen LogP contribution in [0, 0.1) is 0 Å². The van der Waals surface area contributed by atoms with Gasteiger partial charge in [-0.3, -0.25) is 0 Å². The molecular weight excluding hydrogens is 198 g/mol. The zero-order valence-corrected chi connectivity index (χ0v) is 10.0. The molecule has 4 rings (SSSR count). The van der Waals surface area contributed by atoms with Crippen LogP contribution in [-0.4, -0.2) is 7.11 Å². The summed E-state index contributed by atoms with van der Waals surface area (Å²) >= 11 is 0.